The fourth-order valence-electron chi connectivity index (χ4n) is 7.42. The summed E-state index contributed by atoms with van der Waals surface area (Å²) in [7, 11) is -7.32. The number of phenolic OH excluding ortho intramolecular Hbond substituents is 2. The number of aliphatic imine (C=N–C) groups is 2. The maximum atomic E-state index is 11.7. The van der Waals surface area contributed by atoms with E-state index in [4.69, 9.17) is 19.5 Å². The van der Waals surface area contributed by atoms with E-state index < -0.39 is 7.81 Å². The zero-order valence-corrected chi connectivity index (χ0v) is 34.4. The van der Waals surface area contributed by atoms with Gasteiger partial charge in [-0.2, -0.15) is 0 Å². The summed E-state index contributed by atoms with van der Waals surface area (Å²) in [5.74, 6) is 2.01. The first-order valence-electron chi connectivity index (χ1n) is 18.3. The van der Waals surface area contributed by atoms with E-state index in [1.165, 1.54) is 0 Å². The third kappa shape index (κ3) is 12.7. The Balaban J connectivity index is 0.000000960. The maximum absolute atomic E-state index is 11.7. The van der Waals surface area contributed by atoms with E-state index >= 15 is 0 Å². The van der Waals surface area contributed by atoms with Crippen LogP contribution in [0.3, 0.4) is 0 Å². The summed E-state index contributed by atoms with van der Waals surface area (Å²) in [4.78, 5) is 10.1. The van der Waals surface area contributed by atoms with Crippen LogP contribution in [0.15, 0.2) is 82.8 Å². The molecule has 2 N–H and O–H groups in total. The van der Waals surface area contributed by atoms with Crippen molar-refractivity contribution < 1.29 is 61.9 Å². The Morgan fingerprint density at radius 1 is 0.661 bits per heavy atom. The standard InChI is InChI=1S/C42H50N2O4.F6P.Mn/c1-7-33(29-17-11-9-12-18-29)39-27(3)37(47-5)23-31(41(39)45)25-43-35-21-15-16-22-36(35)44-26-32-24-38(48-6)28(4)40(42(32)46)34(8-2)30-19-13-10-14-20-30;1-7(2,3,4,5)6;/h9-14,17-20,23-26,33-36,45-46H,7-8,15-16,21-22H2,1-6H3;;/q;-1;/t33?,34?,35-,36-;;/m0../s1. The smallest absolute Gasteiger partial charge is 0 e. The van der Waals surface area contributed by atoms with Crippen LogP contribution in [0.1, 0.15) is 109 Å². The first-order valence-corrected chi connectivity index (χ1v) is 20.3. The number of ether oxygens (including phenoxy) is 2. The van der Waals surface area contributed by atoms with Gasteiger partial charge in [-0.1, -0.05) is 87.4 Å². The van der Waals surface area contributed by atoms with Crippen LogP contribution in [0.25, 0.3) is 0 Å². The zero-order chi connectivity index (χ0) is 40.6. The van der Waals surface area contributed by atoms with E-state index in [1.54, 1.807) is 26.6 Å². The summed E-state index contributed by atoms with van der Waals surface area (Å²) in [6.45, 7) is 8.30. The topological polar surface area (TPSA) is 83.6 Å². The van der Waals surface area contributed by atoms with Crippen LogP contribution < -0.4 is 9.47 Å². The Labute approximate surface area is 335 Å². The number of phenols is 2. The van der Waals surface area contributed by atoms with E-state index in [1.807, 2.05) is 62.4 Å². The molecule has 4 aromatic rings. The van der Waals surface area contributed by atoms with E-state index in [0.717, 1.165) is 83.4 Å². The number of hydrogen-bond acceptors (Lipinski definition) is 6. The molecule has 56 heavy (non-hydrogen) atoms. The molecule has 6 nitrogen and oxygen atoms in total. The normalized spacial score (nSPS) is 18.2. The molecule has 5 rings (SSSR count). The number of aromatic hydroxyl groups is 2. The van der Waals surface area contributed by atoms with E-state index in [9.17, 15) is 35.4 Å². The molecule has 1 saturated carbocycles. The van der Waals surface area contributed by atoms with Crippen LogP contribution in [0.5, 0.6) is 23.0 Å². The Kier molecular flexibility index (Phi) is 15.3. The van der Waals surface area contributed by atoms with Crippen LogP contribution in [0.4, 0.5) is 25.2 Å². The average molecular weight is 847 g/mol. The minimum atomic E-state index is -10.7. The van der Waals surface area contributed by atoms with Gasteiger partial charge in [0.25, 0.3) is 0 Å². The summed E-state index contributed by atoms with van der Waals surface area (Å²) < 4.78 is 70.8. The van der Waals surface area contributed by atoms with Crippen molar-refractivity contribution in [2.45, 2.75) is 90.1 Å². The second kappa shape index (κ2) is 18.5. The molecule has 4 atom stereocenters. The summed E-state index contributed by atoms with van der Waals surface area (Å²) in [6, 6.07) is 24.3. The molecular formula is C42H50F6MnN2O4P-. The molecular weight excluding hydrogens is 796 g/mol. The minimum absolute atomic E-state index is 0. The third-order valence-electron chi connectivity index (χ3n) is 10.0. The van der Waals surface area contributed by atoms with Crippen LogP contribution in [-0.2, 0) is 17.1 Å². The summed E-state index contributed by atoms with van der Waals surface area (Å²) in [5.41, 5.74) is 7.24. The molecule has 4 aromatic carbocycles. The van der Waals surface area contributed by atoms with Crippen LogP contribution in [0, 0.1) is 13.8 Å². The Morgan fingerprint density at radius 2 is 0.982 bits per heavy atom. The maximum Gasteiger partial charge on any atom is 0 e. The van der Waals surface area contributed by atoms with Gasteiger partial charge < -0.3 is 19.7 Å². The van der Waals surface area contributed by atoms with Crippen LogP contribution in [-0.4, -0.2) is 48.9 Å². The second-order valence-electron chi connectivity index (χ2n) is 13.8. The molecule has 0 saturated heterocycles. The Hall–Kier alpha value is -4.05. The number of methoxy groups -OCH3 is 2. The van der Waals surface area contributed by atoms with E-state index in [-0.39, 0.29) is 52.5 Å². The van der Waals surface area contributed by atoms with Gasteiger partial charge in [0.1, 0.15) is 23.0 Å². The zero-order valence-electron chi connectivity index (χ0n) is 32.3. The number of nitrogens with zero attached hydrogens (tertiary/aromatic N) is 2. The second-order valence-corrected chi connectivity index (χ2v) is 15.7. The van der Waals surface area contributed by atoms with Crippen molar-refractivity contribution in [1.29, 1.82) is 0 Å². The summed E-state index contributed by atoms with van der Waals surface area (Å²) in [6.07, 6.45) is 9.21. The van der Waals surface area contributed by atoms with Gasteiger partial charge >= 0.3 is 33.0 Å². The summed E-state index contributed by atoms with van der Waals surface area (Å²) >= 11 is 0. The van der Waals surface area contributed by atoms with Gasteiger partial charge in [0.05, 0.1) is 26.3 Å². The molecule has 2 unspecified atom stereocenters. The number of benzene rings is 4. The van der Waals surface area contributed by atoms with Crippen LogP contribution in [0.2, 0.25) is 0 Å². The monoisotopic (exact) mass is 846 g/mol. The van der Waals surface area contributed by atoms with E-state index in [0.29, 0.717) is 11.1 Å². The molecule has 1 radical (unpaired) electrons. The average Bonchev–Trinajstić information content (AvgIpc) is 3.14. The van der Waals surface area contributed by atoms with Gasteiger partial charge in [0.2, 0.25) is 0 Å². The van der Waals surface area contributed by atoms with Crippen molar-refractivity contribution in [3.63, 3.8) is 0 Å². The molecule has 0 heterocycles. The van der Waals surface area contributed by atoms with Gasteiger partial charge in [0.15, 0.2) is 0 Å². The fraction of sp³-hybridized carbons (Fsp3) is 0.381. The predicted molar refractivity (Wildman–Crippen MR) is 211 cm³/mol. The molecule has 0 spiro atoms. The predicted octanol–water partition coefficient (Wildman–Crippen LogP) is 13.0. The van der Waals surface area contributed by atoms with Gasteiger partial charge in [-0.05, 0) is 73.9 Å². The number of halogens is 6. The van der Waals surface area contributed by atoms with Crippen molar-refractivity contribution in [2.24, 2.45) is 9.98 Å². The molecule has 1 aliphatic carbocycles. The van der Waals surface area contributed by atoms with Crippen molar-refractivity contribution in [1.82, 2.24) is 0 Å². The van der Waals surface area contributed by atoms with Gasteiger partial charge in [-0.25, -0.2) is 0 Å². The van der Waals surface area contributed by atoms with E-state index in [2.05, 4.69) is 38.1 Å². The van der Waals surface area contributed by atoms with Gasteiger partial charge in [0, 0.05) is 63.6 Å². The van der Waals surface area contributed by atoms with Gasteiger partial charge in [-0.3, -0.25) is 9.98 Å². The fourth-order valence-corrected chi connectivity index (χ4v) is 7.42. The largest absolute Gasteiger partial charge is 0 e. The van der Waals surface area contributed by atoms with Crippen molar-refractivity contribution in [3.8, 4) is 23.0 Å². The third-order valence-corrected chi connectivity index (χ3v) is 10.0. The summed E-state index contributed by atoms with van der Waals surface area (Å²) in [5, 5.41) is 23.3. The van der Waals surface area contributed by atoms with Crippen molar-refractivity contribution in [3.05, 3.63) is 117 Å². The molecule has 0 aromatic heterocycles. The molecule has 307 valence electrons. The van der Waals surface area contributed by atoms with Crippen LogP contribution >= 0.6 is 7.81 Å². The Morgan fingerprint density at radius 3 is 1.27 bits per heavy atom. The Bertz CT molecular complexity index is 1840. The molecule has 1 aliphatic rings. The number of rotatable bonds is 12. The van der Waals surface area contributed by atoms with Crippen molar-refractivity contribution in [2.75, 3.05) is 14.2 Å². The van der Waals surface area contributed by atoms with Gasteiger partial charge in [-0.15, -0.1) is 0 Å². The molecule has 0 aliphatic heterocycles. The first-order chi connectivity index (χ1) is 25.8. The number of hydrogen-bond donors (Lipinski definition) is 2. The molecule has 0 bridgehead atoms. The minimum Gasteiger partial charge on any atom is 0 e. The molecule has 1 fully saturated rings. The van der Waals surface area contributed by atoms with Crippen molar-refractivity contribution >= 4 is 20.2 Å². The first kappa shape index (κ1) is 46.3. The molecule has 14 heteroatoms. The quantitative estimate of drug-likeness (QED) is 0.0644. The SMILES string of the molecule is CCC(c1ccccc1)c1c(C)c(OC)cc(C=N[C@H]2CCCC[C@@H]2N=Cc2cc(OC)c(C)c(C(CC)c3ccccc3)c2O)c1O.F[P-](F)(F)(F)(F)F.[Mn]. The molecule has 0 amide bonds.